The maximum atomic E-state index is 12.7. The van der Waals surface area contributed by atoms with Crippen molar-refractivity contribution in [1.82, 2.24) is 15.5 Å². The van der Waals surface area contributed by atoms with E-state index >= 15 is 0 Å². The van der Waals surface area contributed by atoms with Crippen LogP contribution in [-0.4, -0.2) is 28.1 Å². The summed E-state index contributed by atoms with van der Waals surface area (Å²) in [6, 6.07) is 18.0. The number of halogens is 1. The summed E-state index contributed by atoms with van der Waals surface area (Å²) in [6.07, 6.45) is 4.34. The first kappa shape index (κ1) is 20.6. The van der Waals surface area contributed by atoms with Crippen LogP contribution in [0.3, 0.4) is 0 Å². The molecule has 1 fully saturated rings. The van der Waals surface area contributed by atoms with E-state index in [1.54, 1.807) is 30.3 Å². The van der Waals surface area contributed by atoms with Crippen molar-refractivity contribution < 1.29 is 4.79 Å². The standard InChI is InChI=1S/C23H21ClN6O/c24-18-10-8-16(9-11-18)20-13-21(30-29-20)27-23(26-19-6-1-2-7-19)28-22(31)17-5-3-4-15(12-17)14-25/h3-5,8-13,19H,1-2,6-7H2,(H3,26,27,28,29,30,31). The van der Waals surface area contributed by atoms with E-state index in [2.05, 4.69) is 25.8 Å². The van der Waals surface area contributed by atoms with Gasteiger partial charge in [-0.25, -0.2) is 0 Å². The average Bonchev–Trinajstić information content (AvgIpc) is 3.46. The molecule has 3 N–H and O–H groups in total. The van der Waals surface area contributed by atoms with Crippen LogP contribution < -0.4 is 10.6 Å². The van der Waals surface area contributed by atoms with Crippen LogP contribution in [0.1, 0.15) is 41.6 Å². The zero-order valence-electron chi connectivity index (χ0n) is 16.7. The fraction of sp³-hybridized carbons (Fsp3) is 0.217. The number of anilines is 1. The van der Waals surface area contributed by atoms with Gasteiger partial charge in [0.05, 0.1) is 17.3 Å². The van der Waals surface area contributed by atoms with Crippen LogP contribution in [0.25, 0.3) is 11.3 Å². The third kappa shape index (κ3) is 5.30. The molecule has 156 valence electrons. The Hall–Kier alpha value is -3.63. The highest BCUT2D eigenvalue weighted by atomic mass is 35.5. The summed E-state index contributed by atoms with van der Waals surface area (Å²) >= 11 is 5.96. The van der Waals surface area contributed by atoms with Gasteiger partial charge >= 0.3 is 0 Å². The summed E-state index contributed by atoms with van der Waals surface area (Å²) < 4.78 is 0. The van der Waals surface area contributed by atoms with E-state index in [0.29, 0.717) is 27.9 Å². The number of aromatic nitrogens is 2. The Morgan fingerprint density at radius 1 is 1.16 bits per heavy atom. The van der Waals surface area contributed by atoms with Gasteiger partial charge in [0.2, 0.25) is 5.96 Å². The molecule has 1 aromatic heterocycles. The van der Waals surface area contributed by atoms with Gasteiger partial charge in [-0.3, -0.25) is 9.89 Å². The Morgan fingerprint density at radius 2 is 1.94 bits per heavy atom. The van der Waals surface area contributed by atoms with Crippen LogP contribution in [-0.2, 0) is 0 Å². The maximum absolute atomic E-state index is 12.7. The molecule has 0 unspecified atom stereocenters. The fourth-order valence-corrected chi connectivity index (χ4v) is 3.66. The molecule has 7 nitrogen and oxygen atoms in total. The molecule has 1 aliphatic carbocycles. The third-order valence-corrected chi connectivity index (χ3v) is 5.37. The smallest absolute Gasteiger partial charge is 0.280 e. The van der Waals surface area contributed by atoms with E-state index in [0.717, 1.165) is 36.9 Å². The predicted molar refractivity (Wildman–Crippen MR) is 121 cm³/mol. The molecule has 31 heavy (non-hydrogen) atoms. The number of amides is 1. The molecular formula is C23H21ClN6O. The monoisotopic (exact) mass is 432 g/mol. The van der Waals surface area contributed by atoms with Crippen molar-refractivity contribution in [2.75, 3.05) is 5.32 Å². The minimum Gasteiger partial charge on any atom is -0.353 e. The SMILES string of the molecule is N#Cc1cccc(C(=O)/N=C(\Nc2cc(-c3ccc(Cl)cc3)n[nH]2)NC2CCCC2)c1. The minimum absolute atomic E-state index is 0.253. The molecular weight excluding hydrogens is 412 g/mol. The van der Waals surface area contributed by atoms with Crippen LogP contribution in [0, 0.1) is 11.3 Å². The Balaban J connectivity index is 1.56. The van der Waals surface area contributed by atoms with Crippen molar-refractivity contribution in [2.24, 2.45) is 4.99 Å². The molecule has 0 bridgehead atoms. The number of carbonyl (C=O) groups excluding carboxylic acids is 1. The van der Waals surface area contributed by atoms with Crippen molar-refractivity contribution >= 4 is 29.3 Å². The Bertz CT molecular complexity index is 1140. The molecule has 1 saturated carbocycles. The zero-order valence-corrected chi connectivity index (χ0v) is 17.5. The van der Waals surface area contributed by atoms with Crippen LogP contribution in [0.15, 0.2) is 59.6 Å². The summed E-state index contributed by atoms with van der Waals surface area (Å²) in [5, 5.41) is 23.5. The number of benzene rings is 2. The second-order valence-corrected chi connectivity index (χ2v) is 7.82. The highest BCUT2D eigenvalue weighted by Crippen LogP contribution is 2.22. The van der Waals surface area contributed by atoms with Gasteiger partial charge in [0.15, 0.2) is 0 Å². The van der Waals surface area contributed by atoms with Gasteiger partial charge in [0.25, 0.3) is 5.91 Å². The third-order valence-electron chi connectivity index (χ3n) is 5.12. The summed E-state index contributed by atoms with van der Waals surface area (Å²) in [5.74, 6) is 0.529. The summed E-state index contributed by atoms with van der Waals surface area (Å²) in [4.78, 5) is 17.0. The molecule has 1 aliphatic rings. The molecule has 3 aromatic rings. The summed E-state index contributed by atoms with van der Waals surface area (Å²) in [6.45, 7) is 0. The molecule has 2 aromatic carbocycles. The molecule has 4 rings (SSSR count). The lowest BCUT2D eigenvalue weighted by Gasteiger charge is -2.16. The highest BCUT2D eigenvalue weighted by molar-refractivity contribution is 6.30. The quantitative estimate of drug-likeness (QED) is 0.407. The first-order valence-corrected chi connectivity index (χ1v) is 10.5. The van der Waals surface area contributed by atoms with E-state index in [1.165, 1.54) is 6.07 Å². The van der Waals surface area contributed by atoms with E-state index in [9.17, 15) is 4.79 Å². The molecule has 0 aliphatic heterocycles. The normalized spacial score (nSPS) is 14.3. The second-order valence-electron chi connectivity index (χ2n) is 7.38. The average molecular weight is 433 g/mol. The van der Waals surface area contributed by atoms with Crippen molar-refractivity contribution in [3.63, 3.8) is 0 Å². The number of guanidine groups is 1. The summed E-state index contributed by atoms with van der Waals surface area (Å²) in [7, 11) is 0. The van der Waals surface area contributed by atoms with Gasteiger partial charge in [-0.1, -0.05) is 42.6 Å². The first-order chi connectivity index (χ1) is 15.1. The molecule has 0 spiro atoms. The number of H-pyrrole nitrogens is 1. The Labute approximate surface area is 185 Å². The number of carbonyl (C=O) groups is 1. The molecule has 1 heterocycles. The number of nitrogens with zero attached hydrogens (tertiary/aromatic N) is 3. The van der Waals surface area contributed by atoms with E-state index in [4.69, 9.17) is 16.9 Å². The largest absolute Gasteiger partial charge is 0.353 e. The van der Waals surface area contributed by atoms with Crippen LogP contribution in [0.2, 0.25) is 5.02 Å². The van der Waals surface area contributed by atoms with Gasteiger partial charge in [-0.2, -0.15) is 15.4 Å². The lowest BCUT2D eigenvalue weighted by molar-refractivity contribution is 0.100. The lowest BCUT2D eigenvalue weighted by Crippen LogP contribution is -2.38. The molecule has 8 heteroatoms. The Kier molecular flexibility index (Phi) is 6.29. The van der Waals surface area contributed by atoms with Crippen LogP contribution >= 0.6 is 11.6 Å². The topological polar surface area (TPSA) is 106 Å². The Morgan fingerprint density at radius 3 is 2.68 bits per heavy atom. The van der Waals surface area contributed by atoms with Crippen molar-refractivity contribution in [3.8, 4) is 17.3 Å². The van der Waals surface area contributed by atoms with Gasteiger partial charge in [0, 0.05) is 28.3 Å². The number of aromatic amines is 1. The van der Waals surface area contributed by atoms with E-state index in [1.807, 2.05) is 24.3 Å². The molecule has 0 atom stereocenters. The number of rotatable bonds is 4. The van der Waals surface area contributed by atoms with Crippen LogP contribution in [0.5, 0.6) is 0 Å². The van der Waals surface area contributed by atoms with Crippen LogP contribution in [0.4, 0.5) is 5.82 Å². The number of hydrogen-bond acceptors (Lipinski definition) is 3. The second kappa shape index (κ2) is 9.45. The number of nitrogens with one attached hydrogen (secondary N) is 3. The molecule has 0 saturated heterocycles. The maximum Gasteiger partial charge on any atom is 0.280 e. The molecule has 0 radical (unpaired) electrons. The van der Waals surface area contributed by atoms with Crippen molar-refractivity contribution in [2.45, 2.75) is 31.7 Å². The molecule has 1 amide bonds. The number of hydrogen-bond donors (Lipinski definition) is 3. The van der Waals surface area contributed by atoms with Gasteiger partial charge in [-0.15, -0.1) is 0 Å². The fourth-order valence-electron chi connectivity index (χ4n) is 3.53. The highest BCUT2D eigenvalue weighted by Gasteiger charge is 2.18. The lowest BCUT2D eigenvalue weighted by atomic mass is 10.1. The first-order valence-electron chi connectivity index (χ1n) is 10.1. The number of nitriles is 1. The number of aliphatic imine (C=N–C) groups is 1. The zero-order chi connectivity index (χ0) is 21.6. The van der Waals surface area contributed by atoms with Gasteiger partial charge in [0.1, 0.15) is 5.82 Å². The van der Waals surface area contributed by atoms with E-state index in [-0.39, 0.29) is 6.04 Å². The van der Waals surface area contributed by atoms with Crippen molar-refractivity contribution in [3.05, 3.63) is 70.7 Å². The van der Waals surface area contributed by atoms with Gasteiger partial charge < -0.3 is 10.6 Å². The van der Waals surface area contributed by atoms with E-state index < -0.39 is 5.91 Å². The predicted octanol–water partition coefficient (Wildman–Crippen LogP) is 4.74. The van der Waals surface area contributed by atoms with Crippen molar-refractivity contribution in [1.29, 1.82) is 5.26 Å². The summed E-state index contributed by atoms with van der Waals surface area (Å²) in [5.41, 5.74) is 2.44. The minimum atomic E-state index is -0.428. The van der Waals surface area contributed by atoms with Gasteiger partial charge in [-0.05, 0) is 43.2 Å².